The van der Waals surface area contributed by atoms with Crippen LogP contribution in [0, 0.1) is 0 Å². The summed E-state index contributed by atoms with van der Waals surface area (Å²) in [5.74, 6) is 0. The second-order valence-electron chi connectivity index (χ2n) is 5.44. The predicted molar refractivity (Wildman–Crippen MR) is 78.8 cm³/mol. The van der Waals surface area contributed by atoms with Crippen LogP contribution < -0.4 is 10.6 Å². The van der Waals surface area contributed by atoms with Gasteiger partial charge in [-0.25, -0.2) is 0 Å². The largest absolute Gasteiger partial charge is 0.314 e. The van der Waals surface area contributed by atoms with Crippen molar-refractivity contribution in [2.45, 2.75) is 44.7 Å². The molecule has 96 valence electrons. The molecule has 0 aliphatic carbocycles. The zero-order chi connectivity index (χ0) is 12.3. The number of piperidine rings is 1. The third-order valence-electron chi connectivity index (χ3n) is 3.28. The first-order chi connectivity index (χ1) is 8.05. The normalized spacial score (nSPS) is 23.8. The Labute approximate surface area is 116 Å². The summed E-state index contributed by atoms with van der Waals surface area (Å²) < 4.78 is 1.21. The molecule has 0 bridgehead atoms. The molecule has 1 aliphatic rings. The molecule has 1 fully saturated rings. The van der Waals surface area contributed by atoms with E-state index in [-0.39, 0.29) is 0 Å². The van der Waals surface area contributed by atoms with E-state index in [4.69, 9.17) is 0 Å². The summed E-state index contributed by atoms with van der Waals surface area (Å²) in [6.45, 7) is 6.80. The van der Waals surface area contributed by atoms with Gasteiger partial charge in [-0.1, -0.05) is 0 Å². The Hall–Kier alpha value is 0.1000. The molecular formula is C13H21BrN2S. The summed E-state index contributed by atoms with van der Waals surface area (Å²) in [6, 6.07) is 2.90. The van der Waals surface area contributed by atoms with Crippen molar-refractivity contribution in [1.82, 2.24) is 10.6 Å². The molecule has 4 heteroatoms. The number of rotatable bonds is 4. The molecule has 2 nitrogen and oxygen atoms in total. The maximum atomic E-state index is 3.69. The third-order valence-corrected chi connectivity index (χ3v) is 5.04. The van der Waals surface area contributed by atoms with E-state index < -0.39 is 0 Å². The predicted octanol–water partition coefficient (Wildman–Crippen LogP) is 3.17. The van der Waals surface area contributed by atoms with Gasteiger partial charge in [0.25, 0.3) is 0 Å². The van der Waals surface area contributed by atoms with Gasteiger partial charge < -0.3 is 10.6 Å². The van der Waals surface area contributed by atoms with Crippen molar-refractivity contribution >= 4 is 27.3 Å². The fourth-order valence-corrected chi connectivity index (χ4v) is 3.89. The van der Waals surface area contributed by atoms with E-state index >= 15 is 0 Å². The molecule has 1 unspecified atom stereocenters. The minimum absolute atomic E-state index is 0.294. The Bertz CT molecular complexity index is 362. The van der Waals surface area contributed by atoms with Gasteiger partial charge in [-0.05, 0) is 61.7 Å². The molecule has 1 aromatic rings. The Morgan fingerprint density at radius 2 is 2.41 bits per heavy atom. The Kier molecular flexibility index (Phi) is 4.64. The maximum absolute atomic E-state index is 3.69. The van der Waals surface area contributed by atoms with E-state index in [1.165, 1.54) is 22.2 Å². The smallest absolute Gasteiger partial charge is 0.0285 e. The average Bonchev–Trinajstić information content (AvgIpc) is 2.63. The second-order valence-corrected chi connectivity index (χ2v) is 7.35. The SMILES string of the molecule is CC1(C)CC(NCCc2cc(Br)cs2)CCN1. The first-order valence-corrected chi connectivity index (χ1v) is 7.94. The van der Waals surface area contributed by atoms with Gasteiger partial charge >= 0.3 is 0 Å². The highest BCUT2D eigenvalue weighted by atomic mass is 79.9. The summed E-state index contributed by atoms with van der Waals surface area (Å²) >= 11 is 5.33. The number of halogens is 1. The number of nitrogens with one attached hydrogen (secondary N) is 2. The monoisotopic (exact) mass is 316 g/mol. The molecule has 2 heterocycles. The first-order valence-electron chi connectivity index (χ1n) is 6.26. The zero-order valence-electron chi connectivity index (χ0n) is 10.6. The minimum Gasteiger partial charge on any atom is -0.314 e. The van der Waals surface area contributed by atoms with Crippen molar-refractivity contribution in [3.63, 3.8) is 0 Å². The van der Waals surface area contributed by atoms with Gasteiger partial charge in [-0.2, -0.15) is 0 Å². The van der Waals surface area contributed by atoms with Gasteiger partial charge in [0, 0.05) is 32.9 Å². The average molecular weight is 317 g/mol. The van der Waals surface area contributed by atoms with Crippen molar-refractivity contribution in [3.8, 4) is 0 Å². The summed E-state index contributed by atoms with van der Waals surface area (Å²) in [7, 11) is 0. The number of hydrogen-bond donors (Lipinski definition) is 2. The van der Waals surface area contributed by atoms with Crippen LogP contribution in [0.3, 0.4) is 0 Å². The minimum atomic E-state index is 0.294. The van der Waals surface area contributed by atoms with Gasteiger partial charge in [-0.15, -0.1) is 11.3 Å². The van der Waals surface area contributed by atoms with E-state index in [9.17, 15) is 0 Å². The molecule has 0 aromatic carbocycles. The van der Waals surface area contributed by atoms with Crippen molar-refractivity contribution in [3.05, 3.63) is 20.8 Å². The molecule has 17 heavy (non-hydrogen) atoms. The highest BCUT2D eigenvalue weighted by Gasteiger charge is 2.26. The van der Waals surface area contributed by atoms with Crippen LogP contribution in [0.15, 0.2) is 15.9 Å². The summed E-state index contributed by atoms with van der Waals surface area (Å²) in [5.41, 5.74) is 0.294. The van der Waals surface area contributed by atoms with Gasteiger partial charge in [-0.3, -0.25) is 0 Å². The number of hydrogen-bond acceptors (Lipinski definition) is 3. The lowest BCUT2D eigenvalue weighted by molar-refractivity contribution is 0.249. The highest BCUT2D eigenvalue weighted by Crippen LogP contribution is 2.21. The van der Waals surface area contributed by atoms with Gasteiger partial charge in [0.05, 0.1) is 0 Å². The van der Waals surface area contributed by atoms with E-state index in [0.717, 1.165) is 19.5 Å². The quantitative estimate of drug-likeness (QED) is 0.891. The van der Waals surface area contributed by atoms with Crippen LogP contribution in [0.25, 0.3) is 0 Å². The fraction of sp³-hybridized carbons (Fsp3) is 0.692. The van der Waals surface area contributed by atoms with Crippen LogP contribution in [0.2, 0.25) is 0 Å². The maximum Gasteiger partial charge on any atom is 0.0285 e. The molecule has 1 aromatic heterocycles. The van der Waals surface area contributed by atoms with E-state index in [2.05, 4.69) is 51.9 Å². The highest BCUT2D eigenvalue weighted by molar-refractivity contribution is 9.10. The molecule has 1 atom stereocenters. The lowest BCUT2D eigenvalue weighted by Crippen LogP contribution is -2.52. The summed E-state index contributed by atoms with van der Waals surface area (Å²) in [4.78, 5) is 1.46. The Morgan fingerprint density at radius 3 is 3.06 bits per heavy atom. The Balaban J connectivity index is 1.71. The molecule has 2 N–H and O–H groups in total. The van der Waals surface area contributed by atoms with Crippen molar-refractivity contribution < 1.29 is 0 Å². The van der Waals surface area contributed by atoms with E-state index in [1.807, 2.05) is 11.3 Å². The molecule has 0 amide bonds. The lowest BCUT2D eigenvalue weighted by Gasteiger charge is -2.37. The topological polar surface area (TPSA) is 24.1 Å². The van der Waals surface area contributed by atoms with Crippen molar-refractivity contribution in [2.75, 3.05) is 13.1 Å². The number of thiophene rings is 1. The molecular weight excluding hydrogens is 296 g/mol. The lowest BCUT2D eigenvalue weighted by atomic mass is 9.89. The standard InChI is InChI=1S/C13H21BrN2S/c1-13(2)8-11(3-6-16-13)15-5-4-12-7-10(14)9-17-12/h7,9,11,15-16H,3-6,8H2,1-2H3. The first kappa shape index (κ1) is 13.5. The van der Waals surface area contributed by atoms with Crippen LogP contribution >= 0.6 is 27.3 Å². The molecule has 0 spiro atoms. The van der Waals surface area contributed by atoms with E-state index in [1.54, 1.807) is 0 Å². The van der Waals surface area contributed by atoms with Gasteiger partial charge in [0.2, 0.25) is 0 Å². The van der Waals surface area contributed by atoms with Crippen LogP contribution in [0.4, 0.5) is 0 Å². The second kappa shape index (κ2) is 5.83. The van der Waals surface area contributed by atoms with Crippen LogP contribution in [0.5, 0.6) is 0 Å². The van der Waals surface area contributed by atoms with Crippen LogP contribution in [-0.4, -0.2) is 24.7 Å². The van der Waals surface area contributed by atoms with Crippen LogP contribution in [-0.2, 0) is 6.42 Å². The molecule has 1 saturated heterocycles. The molecule has 0 radical (unpaired) electrons. The molecule has 0 saturated carbocycles. The third kappa shape index (κ3) is 4.36. The van der Waals surface area contributed by atoms with Crippen LogP contribution in [0.1, 0.15) is 31.6 Å². The fourth-order valence-electron chi connectivity index (χ4n) is 2.43. The molecule has 2 rings (SSSR count). The van der Waals surface area contributed by atoms with Crippen molar-refractivity contribution in [2.24, 2.45) is 0 Å². The summed E-state index contributed by atoms with van der Waals surface area (Å²) in [5, 5.41) is 9.40. The molecule has 1 aliphatic heterocycles. The Morgan fingerprint density at radius 1 is 1.59 bits per heavy atom. The van der Waals surface area contributed by atoms with Gasteiger partial charge in [0.1, 0.15) is 0 Å². The zero-order valence-corrected chi connectivity index (χ0v) is 13.0. The van der Waals surface area contributed by atoms with Gasteiger partial charge in [0.15, 0.2) is 0 Å². The van der Waals surface area contributed by atoms with Crippen molar-refractivity contribution in [1.29, 1.82) is 0 Å². The summed E-state index contributed by atoms with van der Waals surface area (Å²) in [6.07, 6.45) is 3.61. The van der Waals surface area contributed by atoms with E-state index in [0.29, 0.717) is 11.6 Å².